The third-order valence-electron chi connectivity index (χ3n) is 3.47. The normalized spacial score (nSPS) is 24.1. The summed E-state index contributed by atoms with van der Waals surface area (Å²) in [7, 11) is 0. The van der Waals surface area contributed by atoms with Crippen LogP contribution in [-0.4, -0.2) is 34.9 Å². The van der Waals surface area contributed by atoms with Gasteiger partial charge in [0.2, 0.25) is 0 Å². The SMILES string of the molecule is CC1CCN(C(=O)c2ncccc2Br)C(CN)C1. The second-order valence-electron chi connectivity index (χ2n) is 4.85. The highest BCUT2D eigenvalue weighted by atomic mass is 79.9. The fourth-order valence-electron chi connectivity index (χ4n) is 2.42. The topological polar surface area (TPSA) is 59.2 Å². The molecule has 0 spiro atoms. The molecule has 0 aromatic carbocycles. The number of piperidine rings is 1. The van der Waals surface area contributed by atoms with Gasteiger partial charge in [-0.3, -0.25) is 4.79 Å². The van der Waals surface area contributed by atoms with Gasteiger partial charge in [-0.15, -0.1) is 0 Å². The van der Waals surface area contributed by atoms with E-state index in [4.69, 9.17) is 5.73 Å². The Labute approximate surface area is 116 Å². The Hall–Kier alpha value is -0.940. The van der Waals surface area contributed by atoms with Gasteiger partial charge in [0.05, 0.1) is 0 Å². The number of aromatic nitrogens is 1. The molecule has 1 fully saturated rings. The molecular formula is C13H18BrN3O. The van der Waals surface area contributed by atoms with Crippen LogP contribution in [0.15, 0.2) is 22.8 Å². The van der Waals surface area contributed by atoms with Gasteiger partial charge in [0, 0.05) is 29.8 Å². The Morgan fingerprint density at radius 3 is 3.11 bits per heavy atom. The first-order valence-corrected chi connectivity index (χ1v) is 7.04. The molecule has 0 saturated carbocycles. The van der Waals surface area contributed by atoms with Crippen LogP contribution in [0.2, 0.25) is 0 Å². The Bertz CT molecular complexity index is 438. The maximum absolute atomic E-state index is 12.5. The summed E-state index contributed by atoms with van der Waals surface area (Å²) in [6.07, 6.45) is 3.65. The molecule has 1 aliphatic rings. The van der Waals surface area contributed by atoms with Crippen LogP contribution < -0.4 is 5.73 Å². The van der Waals surface area contributed by atoms with E-state index in [0.29, 0.717) is 18.2 Å². The Balaban J connectivity index is 2.20. The highest BCUT2D eigenvalue weighted by Crippen LogP contribution is 2.25. The quantitative estimate of drug-likeness (QED) is 0.909. The molecule has 1 aliphatic heterocycles. The second-order valence-corrected chi connectivity index (χ2v) is 5.71. The predicted octanol–water partition coefficient (Wildman–Crippen LogP) is 2.04. The molecule has 0 radical (unpaired) electrons. The molecule has 1 aromatic heterocycles. The van der Waals surface area contributed by atoms with Gasteiger partial charge in [-0.25, -0.2) is 4.98 Å². The van der Waals surface area contributed by atoms with E-state index >= 15 is 0 Å². The molecule has 1 amide bonds. The molecule has 1 saturated heterocycles. The van der Waals surface area contributed by atoms with Crippen molar-refractivity contribution < 1.29 is 4.79 Å². The van der Waals surface area contributed by atoms with Gasteiger partial charge >= 0.3 is 0 Å². The second kappa shape index (κ2) is 5.80. The van der Waals surface area contributed by atoms with E-state index in [-0.39, 0.29) is 11.9 Å². The van der Waals surface area contributed by atoms with E-state index in [1.54, 1.807) is 12.3 Å². The van der Waals surface area contributed by atoms with Crippen LogP contribution in [0.5, 0.6) is 0 Å². The number of nitrogens with zero attached hydrogens (tertiary/aromatic N) is 2. The summed E-state index contributed by atoms with van der Waals surface area (Å²) < 4.78 is 0.740. The summed E-state index contributed by atoms with van der Waals surface area (Å²) in [4.78, 5) is 18.5. The zero-order valence-electron chi connectivity index (χ0n) is 10.5. The molecular weight excluding hydrogens is 294 g/mol. The van der Waals surface area contributed by atoms with Gasteiger partial charge in [-0.1, -0.05) is 6.92 Å². The number of nitrogens with two attached hydrogens (primary N) is 1. The number of likely N-dealkylation sites (tertiary alicyclic amines) is 1. The molecule has 2 N–H and O–H groups in total. The highest BCUT2D eigenvalue weighted by molar-refractivity contribution is 9.10. The molecule has 2 atom stereocenters. The summed E-state index contributed by atoms with van der Waals surface area (Å²) in [5, 5.41) is 0. The summed E-state index contributed by atoms with van der Waals surface area (Å²) in [5.41, 5.74) is 6.26. The number of carbonyl (C=O) groups excluding carboxylic acids is 1. The number of hydrogen-bond donors (Lipinski definition) is 1. The molecule has 2 unspecified atom stereocenters. The Morgan fingerprint density at radius 2 is 2.44 bits per heavy atom. The summed E-state index contributed by atoms with van der Waals surface area (Å²) in [5.74, 6) is 0.611. The number of hydrogen-bond acceptors (Lipinski definition) is 3. The molecule has 1 aromatic rings. The lowest BCUT2D eigenvalue weighted by molar-refractivity contribution is 0.0566. The van der Waals surface area contributed by atoms with Crippen LogP contribution in [0.4, 0.5) is 0 Å². The third-order valence-corrected chi connectivity index (χ3v) is 4.11. The lowest BCUT2D eigenvalue weighted by Crippen LogP contribution is -2.49. The molecule has 0 aliphatic carbocycles. The first-order valence-electron chi connectivity index (χ1n) is 6.25. The van der Waals surface area contributed by atoms with Crippen molar-refractivity contribution in [3.8, 4) is 0 Å². The van der Waals surface area contributed by atoms with Crippen LogP contribution >= 0.6 is 15.9 Å². The van der Waals surface area contributed by atoms with E-state index in [2.05, 4.69) is 27.8 Å². The molecule has 0 bridgehead atoms. The molecule has 18 heavy (non-hydrogen) atoms. The van der Waals surface area contributed by atoms with Crippen molar-refractivity contribution in [3.63, 3.8) is 0 Å². The molecule has 4 nitrogen and oxygen atoms in total. The van der Waals surface area contributed by atoms with E-state index in [1.165, 1.54) is 0 Å². The minimum absolute atomic E-state index is 0.0233. The van der Waals surface area contributed by atoms with Crippen molar-refractivity contribution in [3.05, 3.63) is 28.5 Å². The smallest absolute Gasteiger partial charge is 0.273 e. The average Bonchev–Trinajstić information content (AvgIpc) is 2.38. The summed E-state index contributed by atoms with van der Waals surface area (Å²) >= 11 is 3.38. The van der Waals surface area contributed by atoms with Gasteiger partial charge in [0.25, 0.3) is 5.91 Å². The van der Waals surface area contributed by atoms with E-state index < -0.39 is 0 Å². The molecule has 2 heterocycles. The number of rotatable bonds is 2. The highest BCUT2D eigenvalue weighted by Gasteiger charge is 2.30. The lowest BCUT2D eigenvalue weighted by Gasteiger charge is -2.37. The minimum atomic E-state index is -0.0233. The van der Waals surface area contributed by atoms with Crippen LogP contribution in [0.3, 0.4) is 0 Å². The van der Waals surface area contributed by atoms with Crippen LogP contribution in [0.25, 0.3) is 0 Å². The van der Waals surface area contributed by atoms with Gasteiger partial charge in [-0.2, -0.15) is 0 Å². The number of pyridine rings is 1. The van der Waals surface area contributed by atoms with Crippen molar-refractivity contribution in [2.24, 2.45) is 11.7 Å². The number of amides is 1. The van der Waals surface area contributed by atoms with E-state index in [0.717, 1.165) is 23.9 Å². The monoisotopic (exact) mass is 311 g/mol. The molecule has 98 valence electrons. The molecule has 5 heteroatoms. The minimum Gasteiger partial charge on any atom is -0.333 e. The lowest BCUT2D eigenvalue weighted by atomic mass is 9.92. The van der Waals surface area contributed by atoms with Gasteiger partial charge in [0.1, 0.15) is 5.69 Å². The van der Waals surface area contributed by atoms with Crippen LogP contribution in [0, 0.1) is 5.92 Å². The van der Waals surface area contributed by atoms with Crippen molar-refractivity contribution in [1.82, 2.24) is 9.88 Å². The Kier molecular flexibility index (Phi) is 4.35. The zero-order chi connectivity index (χ0) is 13.1. The molecule has 2 rings (SSSR count). The zero-order valence-corrected chi connectivity index (χ0v) is 12.1. The summed E-state index contributed by atoms with van der Waals surface area (Å²) in [6, 6.07) is 3.78. The first-order chi connectivity index (χ1) is 8.63. The van der Waals surface area contributed by atoms with Crippen LogP contribution in [-0.2, 0) is 0 Å². The third kappa shape index (κ3) is 2.72. The fourth-order valence-corrected chi connectivity index (χ4v) is 2.85. The fraction of sp³-hybridized carbons (Fsp3) is 0.538. The predicted molar refractivity (Wildman–Crippen MR) is 74.2 cm³/mol. The van der Waals surface area contributed by atoms with Gasteiger partial charge < -0.3 is 10.6 Å². The number of halogens is 1. The Morgan fingerprint density at radius 1 is 1.67 bits per heavy atom. The average molecular weight is 312 g/mol. The van der Waals surface area contributed by atoms with E-state index in [1.807, 2.05) is 11.0 Å². The van der Waals surface area contributed by atoms with Crippen molar-refractivity contribution in [1.29, 1.82) is 0 Å². The van der Waals surface area contributed by atoms with Gasteiger partial charge in [-0.05, 0) is 46.8 Å². The number of carbonyl (C=O) groups is 1. The van der Waals surface area contributed by atoms with Crippen molar-refractivity contribution in [2.45, 2.75) is 25.8 Å². The maximum Gasteiger partial charge on any atom is 0.273 e. The standard InChI is InChI=1S/C13H18BrN3O/c1-9-4-6-17(10(7-9)8-15)13(18)12-11(14)3-2-5-16-12/h2-3,5,9-10H,4,6-8,15H2,1H3. The largest absolute Gasteiger partial charge is 0.333 e. The van der Waals surface area contributed by atoms with Crippen LogP contribution in [0.1, 0.15) is 30.3 Å². The van der Waals surface area contributed by atoms with E-state index in [9.17, 15) is 4.79 Å². The van der Waals surface area contributed by atoms with Crippen molar-refractivity contribution >= 4 is 21.8 Å². The summed E-state index contributed by atoms with van der Waals surface area (Å²) in [6.45, 7) is 3.49. The van der Waals surface area contributed by atoms with Crippen molar-refractivity contribution in [2.75, 3.05) is 13.1 Å². The first kappa shape index (κ1) is 13.5. The maximum atomic E-state index is 12.5. The van der Waals surface area contributed by atoms with Gasteiger partial charge in [0.15, 0.2) is 0 Å².